The van der Waals surface area contributed by atoms with Crippen molar-refractivity contribution in [3.05, 3.63) is 94.8 Å². The summed E-state index contributed by atoms with van der Waals surface area (Å²) in [5.41, 5.74) is 4.64. The van der Waals surface area contributed by atoms with Gasteiger partial charge < -0.3 is 15.0 Å². The predicted octanol–water partition coefficient (Wildman–Crippen LogP) is 4.71. The van der Waals surface area contributed by atoms with Gasteiger partial charge in [0.05, 0.1) is 24.8 Å². The monoisotopic (exact) mass is 485 g/mol. The molecule has 4 rings (SSSR count). The van der Waals surface area contributed by atoms with Crippen LogP contribution in [0.1, 0.15) is 58.1 Å². The molecule has 1 aliphatic heterocycles. The van der Waals surface area contributed by atoms with Gasteiger partial charge in [0, 0.05) is 31.2 Å². The standard InChI is InChI=1S/C30H35N3O3/c1-22-13-14-27(30(35)31-17-7-11-23-8-4-3-5-9-23)29(32-22)25-15-18-33(19-16-25)28(34)21-24-10-6-12-26(20-24)36-2/h3-6,8-10,12-14,20,25H,7,11,15-19,21H2,1-2H3,(H,31,35). The third-order valence-corrected chi connectivity index (χ3v) is 6.80. The fourth-order valence-electron chi connectivity index (χ4n) is 4.79. The molecule has 0 aliphatic carbocycles. The van der Waals surface area contributed by atoms with Gasteiger partial charge in [0.25, 0.3) is 5.91 Å². The van der Waals surface area contributed by atoms with Crippen LogP contribution in [0, 0.1) is 6.92 Å². The van der Waals surface area contributed by atoms with E-state index in [2.05, 4.69) is 17.4 Å². The Balaban J connectivity index is 1.32. The first-order valence-electron chi connectivity index (χ1n) is 12.7. The van der Waals surface area contributed by atoms with Gasteiger partial charge >= 0.3 is 0 Å². The molecule has 36 heavy (non-hydrogen) atoms. The molecular weight excluding hydrogens is 450 g/mol. The first kappa shape index (κ1) is 25.4. The summed E-state index contributed by atoms with van der Waals surface area (Å²) >= 11 is 0. The summed E-state index contributed by atoms with van der Waals surface area (Å²) in [4.78, 5) is 32.6. The Bertz CT molecular complexity index is 1170. The largest absolute Gasteiger partial charge is 0.497 e. The smallest absolute Gasteiger partial charge is 0.253 e. The average molecular weight is 486 g/mol. The van der Waals surface area contributed by atoms with Crippen molar-refractivity contribution in [2.75, 3.05) is 26.7 Å². The summed E-state index contributed by atoms with van der Waals surface area (Å²) in [7, 11) is 1.63. The van der Waals surface area contributed by atoms with Crippen molar-refractivity contribution in [2.24, 2.45) is 0 Å². The number of benzene rings is 2. The molecule has 0 bridgehead atoms. The molecule has 0 unspecified atom stereocenters. The van der Waals surface area contributed by atoms with Gasteiger partial charge in [-0.3, -0.25) is 14.6 Å². The number of carbonyl (C=O) groups excluding carboxylic acids is 2. The normalized spacial score (nSPS) is 13.9. The summed E-state index contributed by atoms with van der Waals surface area (Å²) in [6, 6.07) is 21.7. The van der Waals surface area contributed by atoms with E-state index < -0.39 is 0 Å². The Morgan fingerprint density at radius 2 is 1.75 bits per heavy atom. The Morgan fingerprint density at radius 3 is 2.50 bits per heavy atom. The maximum atomic E-state index is 13.0. The number of ether oxygens (including phenoxy) is 1. The highest BCUT2D eigenvalue weighted by Gasteiger charge is 2.28. The topological polar surface area (TPSA) is 71.5 Å². The third-order valence-electron chi connectivity index (χ3n) is 6.80. The van der Waals surface area contributed by atoms with Gasteiger partial charge in [0.15, 0.2) is 0 Å². The summed E-state index contributed by atoms with van der Waals surface area (Å²) < 4.78 is 5.27. The van der Waals surface area contributed by atoms with E-state index in [1.807, 2.05) is 66.4 Å². The van der Waals surface area contributed by atoms with Crippen LogP contribution in [0.4, 0.5) is 0 Å². The fourth-order valence-corrected chi connectivity index (χ4v) is 4.79. The maximum Gasteiger partial charge on any atom is 0.253 e. The number of aryl methyl sites for hydroxylation is 2. The van der Waals surface area contributed by atoms with Crippen molar-refractivity contribution in [3.63, 3.8) is 0 Å². The van der Waals surface area contributed by atoms with E-state index in [0.29, 0.717) is 31.6 Å². The maximum absolute atomic E-state index is 13.0. The number of pyridine rings is 1. The van der Waals surface area contributed by atoms with E-state index in [1.54, 1.807) is 7.11 Å². The molecule has 6 heteroatoms. The highest BCUT2D eigenvalue weighted by Crippen LogP contribution is 2.30. The Hall–Kier alpha value is -3.67. The van der Waals surface area contributed by atoms with E-state index in [1.165, 1.54) is 5.56 Å². The van der Waals surface area contributed by atoms with Crippen LogP contribution in [0.15, 0.2) is 66.7 Å². The van der Waals surface area contributed by atoms with E-state index in [9.17, 15) is 9.59 Å². The number of likely N-dealkylation sites (tertiary alicyclic amines) is 1. The van der Waals surface area contributed by atoms with Crippen LogP contribution in [-0.2, 0) is 17.6 Å². The molecule has 0 atom stereocenters. The van der Waals surface area contributed by atoms with Crippen LogP contribution in [-0.4, -0.2) is 48.4 Å². The van der Waals surface area contributed by atoms with E-state index in [-0.39, 0.29) is 17.7 Å². The lowest BCUT2D eigenvalue weighted by Gasteiger charge is -2.32. The molecule has 1 fully saturated rings. The number of aromatic nitrogens is 1. The average Bonchev–Trinajstić information content (AvgIpc) is 2.91. The Kier molecular flexibility index (Phi) is 8.71. The summed E-state index contributed by atoms with van der Waals surface area (Å²) in [5.74, 6) is 0.976. The van der Waals surface area contributed by atoms with Crippen LogP contribution in [0.5, 0.6) is 5.75 Å². The molecule has 0 spiro atoms. The summed E-state index contributed by atoms with van der Waals surface area (Å²) in [6.07, 6.45) is 3.78. The molecule has 188 valence electrons. The van der Waals surface area contributed by atoms with E-state index in [0.717, 1.165) is 48.4 Å². The predicted molar refractivity (Wildman–Crippen MR) is 141 cm³/mol. The van der Waals surface area contributed by atoms with Crippen molar-refractivity contribution < 1.29 is 14.3 Å². The van der Waals surface area contributed by atoms with Crippen LogP contribution < -0.4 is 10.1 Å². The van der Waals surface area contributed by atoms with Gasteiger partial charge in [0.2, 0.25) is 5.91 Å². The number of nitrogens with zero attached hydrogens (tertiary/aromatic N) is 2. The summed E-state index contributed by atoms with van der Waals surface area (Å²) in [5, 5.41) is 3.08. The highest BCUT2D eigenvalue weighted by atomic mass is 16.5. The molecule has 2 aromatic carbocycles. The minimum Gasteiger partial charge on any atom is -0.497 e. The lowest BCUT2D eigenvalue weighted by atomic mass is 9.89. The van der Waals surface area contributed by atoms with Gasteiger partial charge in [0.1, 0.15) is 5.75 Å². The quantitative estimate of drug-likeness (QED) is 0.446. The second-order valence-electron chi connectivity index (χ2n) is 9.41. The number of rotatable bonds is 9. The molecule has 1 aromatic heterocycles. The van der Waals surface area contributed by atoms with Crippen molar-refractivity contribution in [3.8, 4) is 5.75 Å². The number of amides is 2. The fraction of sp³-hybridized carbons (Fsp3) is 0.367. The zero-order chi connectivity index (χ0) is 25.3. The van der Waals surface area contributed by atoms with Crippen molar-refractivity contribution in [2.45, 2.75) is 44.9 Å². The van der Waals surface area contributed by atoms with Crippen LogP contribution in [0.25, 0.3) is 0 Å². The van der Waals surface area contributed by atoms with Crippen molar-refractivity contribution >= 4 is 11.8 Å². The number of nitrogens with one attached hydrogen (secondary N) is 1. The van der Waals surface area contributed by atoms with Gasteiger partial charge in [-0.15, -0.1) is 0 Å². The molecule has 3 aromatic rings. The first-order chi connectivity index (χ1) is 17.5. The van der Waals surface area contributed by atoms with Gasteiger partial charge in [-0.05, 0) is 68.0 Å². The molecule has 0 radical (unpaired) electrons. The molecule has 6 nitrogen and oxygen atoms in total. The van der Waals surface area contributed by atoms with E-state index >= 15 is 0 Å². The number of carbonyl (C=O) groups is 2. The first-order valence-corrected chi connectivity index (χ1v) is 12.7. The molecule has 2 amide bonds. The number of piperidine rings is 1. The molecule has 2 heterocycles. The molecular formula is C30H35N3O3. The molecule has 1 aliphatic rings. The van der Waals surface area contributed by atoms with Crippen molar-refractivity contribution in [1.29, 1.82) is 0 Å². The van der Waals surface area contributed by atoms with Crippen molar-refractivity contribution in [1.82, 2.24) is 15.2 Å². The minimum absolute atomic E-state index is 0.0675. The Labute approximate surface area is 213 Å². The second kappa shape index (κ2) is 12.3. The zero-order valence-corrected chi connectivity index (χ0v) is 21.2. The van der Waals surface area contributed by atoms with Gasteiger partial charge in [-0.25, -0.2) is 0 Å². The molecule has 1 saturated heterocycles. The van der Waals surface area contributed by atoms with E-state index in [4.69, 9.17) is 9.72 Å². The van der Waals surface area contributed by atoms with Gasteiger partial charge in [-0.2, -0.15) is 0 Å². The molecule has 1 N–H and O–H groups in total. The lowest BCUT2D eigenvalue weighted by molar-refractivity contribution is -0.131. The number of methoxy groups -OCH3 is 1. The zero-order valence-electron chi connectivity index (χ0n) is 21.2. The SMILES string of the molecule is COc1cccc(CC(=O)N2CCC(c3nc(C)ccc3C(=O)NCCCc3ccccc3)CC2)c1. The van der Waals surface area contributed by atoms with Crippen LogP contribution in [0.3, 0.4) is 0 Å². The molecule has 0 saturated carbocycles. The van der Waals surface area contributed by atoms with Crippen LogP contribution >= 0.6 is 0 Å². The second-order valence-corrected chi connectivity index (χ2v) is 9.41. The summed E-state index contributed by atoms with van der Waals surface area (Å²) in [6.45, 7) is 3.92. The number of hydrogen-bond donors (Lipinski definition) is 1. The highest BCUT2D eigenvalue weighted by molar-refractivity contribution is 5.95. The third kappa shape index (κ3) is 6.72. The lowest BCUT2D eigenvalue weighted by Crippen LogP contribution is -2.39. The van der Waals surface area contributed by atoms with Gasteiger partial charge in [-0.1, -0.05) is 42.5 Å². The minimum atomic E-state index is -0.0675. The number of hydrogen-bond acceptors (Lipinski definition) is 4. The van der Waals surface area contributed by atoms with Crippen LogP contribution in [0.2, 0.25) is 0 Å². The Morgan fingerprint density at radius 1 is 1.00 bits per heavy atom.